The SMILES string of the molecule is CC[C@H](C)[C@H](NC(=O)CCCCc1cc(C)ccn1)C(=O)C[C@@H](CC(C)=O)c1ccc(-c2ccc(OCCOCCOCCOCCOCCC(C)C)c3ccccc23)cc1. The maximum Gasteiger partial charge on any atom is 0.220 e. The van der Waals surface area contributed by atoms with Gasteiger partial charge in [-0.25, -0.2) is 0 Å². The van der Waals surface area contributed by atoms with Crippen LogP contribution in [0, 0.1) is 18.8 Å². The number of aromatic nitrogens is 1. The van der Waals surface area contributed by atoms with E-state index >= 15 is 0 Å². The summed E-state index contributed by atoms with van der Waals surface area (Å²) in [5, 5.41) is 5.11. The number of nitrogens with one attached hydrogen (secondary N) is 1. The number of aryl methyl sites for hydroxylation is 2. The fourth-order valence-corrected chi connectivity index (χ4v) is 7.25. The molecular formula is C51H70N2O8. The zero-order valence-electron chi connectivity index (χ0n) is 37.5. The number of benzene rings is 3. The van der Waals surface area contributed by atoms with E-state index in [0.29, 0.717) is 71.6 Å². The van der Waals surface area contributed by atoms with Gasteiger partial charge in [0.1, 0.15) is 18.1 Å². The molecule has 4 rings (SSSR count). The topological polar surface area (TPSA) is 122 Å². The van der Waals surface area contributed by atoms with Crippen molar-refractivity contribution in [2.45, 2.75) is 105 Å². The molecule has 1 aromatic heterocycles. The number of pyridine rings is 1. The van der Waals surface area contributed by atoms with E-state index in [1.54, 1.807) is 6.92 Å². The second kappa shape index (κ2) is 27.5. The smallest absolute Gasteiger partial charge is 0.220 e. The Balaban J connectivity index is 1.27. The summed E-state index contributed by atoms with van der Waals surface area (Å²) in [7, 11) is 0. The van der Waals surface area contributed by atoms with Gasteiger partial charge in [-0.2, -0.15) is 0 Å². The Morgan fingerprint density at radius 2 is 1.36 bits per heavy atom. The Labute approximate surface area is 364 Å². The third kappa shape index (κ3) is 17.8. The minimum atomic E-state index is -0.608. The number of ketones is 2. The molecule has 3 aromatic carbocycles. The number of Topliss-reactive ketones (excluding diaryl/α,β-unsaturated/α-hetero) is 2. The molecule has 0 fully saturated rings. The zero-order valence-corrected chi connectivity index (χ0v) is 37.5. The van der Waals surface area contributed by atoms with Crippen molar-refractivity contribution in [1.29, 1.82) is 0 Å². The number of nitrogens with zero attached hydrogens (tertiary/aromatic N) is 1. The second-order valence-corrected chi connectivity index (χ2v) is 16.5. The largest absolute Gasteiger partial charge is 0.491 e. The van der Waals surface area contributed by atoms with Gasteiger partial charge in [0.15, 0.2) is 5.78 Å². The number of hydrogen-bond acceptors (Lipinski definition) is 9. The highest BCUT2D eigenvalue weighted by atomic mass is 16.6. The van der Waals surface area contributed by atoms with Crippen molar-refractivity contribution in [3.8, 4) is 16.9 Å². The van der Waals surface area contributed by atoms with Gasteiger partial charge >= 0.3 is 0 Å². The van der Waals surface area contributed by atoms with Crippen molar-refractivity contribution in [3.05, 3.63) is 95.8 Å². The molecule has 10 nitrogen and oxygen atoms in total. The van der Waals surface area contributed by atoms with Crippen molar-refractivity contribution >= 4 is 28.2 Å². The number of amides is 1. The van der Waals surface area contributed by atoms with E-state index in [9.17, 15) is 14.4 Å². The number of ether oxygens (including phenoxy) is 5. The molecule has 1 heterocycles. The monoisotopic (exact) mass is 839 g/mol. The van der Waals surface area contributed by atoms with Crippen LogP contribution in [0.1, 0.15) is 102 Å². The molecule has 332 valence electrons. The number of carbonyl (C=O) groups excluding carboxylic acids is 3. The van der Waals surface area contributed by atoms with Crippen LogP contribution in [0.2, 0.25) is 0 Å². The average Bonchev–Trinajstić information content (AvgIpc) is 3.25. The molecule has 0 saturated carbocycles. The van der Waals surface area contributed by atoms with Gasteiger partial charge in [0.2, 0.25) is 5.91 Å². The first-order valence-corrected chi connectivity index (χ1v) is 22.3. The van der Waals surface area contributed by atoms with Gasteiger partial charge in [0, 0.05) is 43.1 Å². The van der Waals surface area contributed by atoms with Crippen molar-refractivity contribution < 1.29 is 38.1 Å². The fraction of sp³-hybridized carbons (Fsp3) is 0.529. The van der Waals surface area contributed by atoms with Crippen LogP contribution in [0.5, 0.6) is 5.75 Å². The van der Waals surface area contributed by atoms with E-state index in [4.69, 9.17) is 23.7 Å². The molecule has 0 aliphatic rings. The molecule has 1 N–H and O–H groups in total. The third-order valence-corrected chi connectivity index (χ3v) is 10.9. The predicted octanol–water partition coefficient (Wildman–Crippen LogP) is 9.67. The number of unbranched alkanes of at least 4 members (excludes halogenated alkanes) is 1. The summed E-state index contributed by atoms with van der Waals surface area (Å²) >= 11 is 0. The van der Waals surface area contributed by atoms with Crippen LogP contribution in [0.3, 0.4) is 0 Å². The highest BCUT2D eigenvalue weighted by Crippen LogP contribution is 2.36. The normalized spacial score (nSPS) is 13.0. The molecule has 10 heteroatoms. The number of hydrogen-bond donors (Lipinski definition) is 1. The van der Waals surface area contributed by atoms with E-state index in [0.717, 1.165) is 71.2 Å². The van der Waals surface area contributed by atoms with Gasteiger partial charge in [-0.05, 0) is 103 Å². The van der Waals surface area contributed by atoms with Gasteiger partial charge in [0.25, 0.3) is 0 Å². The molecule has 0 aliphatic carbocycles. The lowest BCUT2D eigenvalue weighted by molar-refractivity contribution is -0.129. The molecule has 4 aromatic rings. The van der Waals surface area contributed by atoms with Crippen LogP contribution < -0.4 is 10.1 Å². The summed E-state index contributed by atoms with van der Waals surface area (Å²) < 4.78 is 28.6. The molecule has 61 heavy (non-hydrogen) atoms. The van der Waals surface area contributed by atoms with E-state index in [2.05, 4.69) is 60.5 Å². The first kappa shape index (κ1) is 49.2. The highest BCUT2D eigenvalue weighted by Gasteiger charge is 2.29. The van der Waals surface area contributed by atoms with Crippen molar-refractivity contribution in [3.63, 3.8) is 0 Å². The standard InChI is InChI=1S/C51H70N2O8/c1-7-39(5)51(53-50(56)15-11-8-12-44-34-38(4)22-24-52-44)48(55)36-43(35-40(6)54)41-16-18-42(19-17-41)45-20-21-49(47-14-10-9-13-46(45)47)61-33-32-60-31-30-59-29-28-58-27-26-57-25-23-37(2)3/h9-10,13-14,16-22,24,34,37,39,43,51H,7-8,11-12,15,23,25-33,35-36H2,1-6H3,(H,53,56)/t39-,43+,51-/m0/s1. The van der Waals surface area contributed by atoms with Crippen LogP contribution in [0.4, 0.5) is 0 Å². The Hall–Kier alpha value is -4.48. The summed E-state index contributed by atoms with van der Waals surface area (Å²) in [6.07, 6.45) is 6.76. The fourth-order valence-electron chi connectivity index (χ4n) is 7.25. The predicted molar refractivity (Wildman–Crippen MR) is 243 cm³/mol. The number of carbonyl (C=O) groups is 3. The molecule has 3 atom stereocenters. The Kier molecular flexibility index (Phi) is 22.1. The van der Waals surface area contributed by atoms with Gasteiger partial charge in [-0.1, -0.05) is 88.7 Å². The van der Waals surface area contributed by atoms with Crippen LogP contribution in [0.15, 0.2) is 79.0 Å². The van der Waals surface area contributed by atoms with Crippen LogP contribution in [-0.2, 0) is 39.8 Å². The minimum Gasteiger partial charge on any atom is -0.491 e. The first-order chi connectivity index (χ1) is 29.5. The molecule has 0 saturated heterocycles. The molecule has 1 amide bonds. The number of rotatable bonds is 31. The van der Waals surface area contributed by atoms with E-state index < -0.39 is 6.04 Å². The van der Waals surface area contributed by atoms with Gasteiger partial charge in [0.05, 0.1) is 52.3 Å². The van der Waals surface area contributed by atoms with Gasteiger partial charge < -0.3 is 33.8 Å². The molecule has 0 aliphatic heterocycles. The maximum atomic E-state index is 13.9. The average molecular weight is 839 g/mol. The maximum absolute atomic E-state index is 13.9. The molecule has 0 bridgehead atoms. The summed E-state index contributed by atoms with van der Waals surface area (Å²) in [6.45, 7) is 16.8. The molecule has 0 spiro atoms. The van der Waals surface area contributed by atoms with Crippen LogP contribution in [0.25, 0.3) is 21.9 Å². The molecular weight excluding hydrogens is 769 g/mol. The summed E-state index contributed by atoms with van der Waals surface area (Å²) in [6, 6.07) is 23.8. The van der Waals surface area contributed by atoms with Crippen molar-refractivity contribution in [2.75, 3.05) is 59.5 Å². The van der Waals surface area contributed by atoms with Gasteiger partial charge in [-0.15, -0.1) is 0 Å². The second-order valence-electron chi connectivity index (χ2n) is 16.5. The Bertz CT molecular complexity index is 1910. The van der Waals surface area contributed by atoms with E-state index in [1.807, 2.05) is 63.4 Å². The quantitative estimate of drug-likeness (QED) is 0.0494. The van der Waals surface area contributed by atoms with Crippen LogP contribution >= 0.6 is 0 Å². The molecule has 0 unspecified atom stereocenters. The summed E-state index contributed by atoms with van der Waals surface area (Å²) in [5.41, 5.74) is 5.19. The first-order valence-electron chi connectivity index (χ1n) is 22.3. The Morgan fingerprint density at radius 1 is 0.721 bits per heavy atom. The Morgan fingerprint density at radius 3 is 1.98 bits per heavy atom. The summed E-state index contributed by atoms with van der Waals surface area (Å²) in [4.78, 5) is 43.9. The highest BCUT2D eigenvalue weighted by molar-refractivity contribution is 6.00. The lowest BCUT2D eigenvalue weighted by Crippen LogP contribution is -2.45. The molecule has 0 radical (unpaired) electrons. The summed E-state index contributed by atoms with van der Waals surface area (Å²) in [5.74, 6) is 0.952. The van der Waals surface area contributed by atoms with Gasteiger partial charge in [-0.3, -0.25) is 14.6 Å². The van der Waals surface area contributed by atoms with E-state index in [1.165, 1.54) is 5.56 Å². The zero-order chi connectivity index (χ0) is 43.8. The minimum absolute atomic E-state index is 0.0182. The van der Waals surface area contributed by atoms with E-state index in [-0.39, 0.29) is 42.2 Å². The van der Waals surface area contributed by atoms with Crippen molar-refractivity contribution in [2.24, 2.45) is 11.8 Å². The lowest BCUT2D eigenvalue weighted by atomic mass is 9.84. The number of fused-ring (bicyclic) bond motifs is 1. The van der Waals surface area contributed by atoms with Crippen molar-refractivity contribution in [1.82, 2.24) is 10.3 Å². The third-order valence-electron chi connectivity index (χ3n) is 10.9. The lowest BCUT2D eigenvalue weighted by Gasteiger charge is -2.25. The van der Waals surface area contributed by atoms with Crippen LogP contribution in [-0.4, -0.2) is 88.0 Å².